The van der Waals surface area contributed by atoms with E-state index >= 15 is 0 Å². The summed E-state index contributed by atoms with van der Waals surface area (Å²) in [6.07, 6.45) is 0.183. The Morgan fingerprint density at radius 3 is 2.42 bits per heavy atom. The number of rotatable bonds is 10. The van der Waals surface area contributed by atoms with Crippen LogP contribution in [0.15, 0.2) is 60.0 Å². The van der Waals surface area contributed by atoms with E-state index in [2.05, 4.69) is 15.0 Å². The molecule has 3 amide bonds. The van der Waals surface area contributed by atoms with E-state index in [1.807, 2.05) is 42.0 Å². The number of hydrogen-bond donors (Lipinski definition) is 4. The molecule has 0 radical (unpaired) electrons. The fraction of sp³-hybridized carbons (Fsp3) is 0.292. The van der Waals surface area contributed by atoms with Gasteiger partial charge in [-0.1, -0.05) is 35.1 Å². The standard InChI is InChI=1S/C24H29N5O5S2/c1-16(22-15-35-17(2)25-22)27-36(32,33)28-24(31)26-21(14-18-8-6-5-7-9-18)23(30)29(3)19-10-12-20(34-4)13-11-19/h5-13,15-16,21H,14H2,1-4H3,(H3-,26,27,28,31,32,33)/p+1/t16?,21-/m0/s1. The third-order valence-electron chi connectivity index (χ3n) is 5.32. The summed E-state index contributed by atoms with van der Waals surface area (Å²) in [5, 5.41) is 5.14. The summed E-state index contributed by atoms with van der Waals surface area (Å²) in [7, 11) is -0.836. The molecule has 3 rings (SSSR count). The number of carbonyl (C=O) groups excluding carboxylic acids is 2. The van der Waals surface area contributed by atoms with Crippen molar-refractivity contribution in [1.82, 2.24) is 19.7 Å². The highest BCUT2D eigenvalue weighted by molar-refractivity contribution is 7.94. The maximum Gasteiger partial charge on any atom is 0.398 e. The summed E-state index contributed by atoms with van der Waals surface area (Å²) < 4.78 is 32.6. The first-order valence-corrected chi connectivity index (χ1v) is 13.5. The van der Waals surface area contributed by atoms with Crippen LogP contribution in [0.4, 0.5) is 10.5 Å². The van der Waals surface area contributed by atoms with Gasteiger partial charge in [0.2, 0.25) is 5.91 Å². The Balaban J connectivity index is 1.72. The maximum atomic E-state index is 13.4. The molecule has 0 saturated heterocycles. The number of aryl methyl sites for hydroxylation is 1. The zero-order valence-corrected chi connectivity index (χ0v) is 22.1. The molecule has 1 aromatic heterocycles. The number of aromatic nitrogens is 1. The minimum absolute atomic E-state index is 0.183. The van der Waals surface area contributed by atoms with Crippen LogP contribution in [0.1, 0.15) is 29.2 Å². The smallest absolute Gasteiger partial charge is 0.398 e. The van der Waals surface area contributed by atoms with Crippen LogP contribution in [0.25, 0.3) is 0 Å². The molecule has 2 unspecified atom stereocenters. The SMILES string of the molecule is COc1ccc(N(C)C(=O)[C@H](Cc2ccccc2)NC(=O)N[S+](=O)(O)NC(C)c2csc(C)n2)cc1. The lowest BCUT2D eigenvalue weighted by atomic mass is 10.0. The molecule has 192 valence electrons. The van der Waals surface area contributed by atoms with Crippen LogP contribution in [0.3, 0.4) is 0 Å². The molecule has 0 aliphatic rings. The average Bonchev–Trinajstić information content (AvgIpc) is 3.29. The molecular weight excluding hydrogens is 502 g/mol. The first-order valence-electron chi connectivity index (χ1n) is 11.1. The molecule has 0 aliphatic heterocycles. The van der Waals surface area contributed by atoms with Gasteiger partial charge < -0.3 is 15.0 Å². The van der Waals surface area contributed by atoms with Gasteiger partial charge >= 0.3 is 16.6 Å². The number of urea groups is 1. The van der Waals surface area contributed by atoms with Gasteiger partial charge in [-0.15, -0.1) is 20.6 Å². The van der Waals surface area contributed by atoms with Crippen LogP contribution in [0, 0.1) is 6.92 Å². The predicted octanol–water partition coefficient (Wildman–Crippen LogP) is 3.49. The van der Waals surface area contributed by atoms with Gasteiger partial charge in [-0.25, -0.2) is 9.78 Å². The fourth-order valence-corrected chi connectivity index (χ4v) is 5.11. The number of hydrogen-bond acceptors (Lipinski definition) is 6. The number of methoxy groups -OCH3 is 1. The van der Waals surface area contributed by atoms with Crippen molar-refractivity contribution in [3.05, 3.63) is 76.2 Å². The maximum absolute atomic E-state index is 13.4. The Morgan fingerprint density at radius 2 is 1.83 bits per heavy atom. The van der Waals surface area contributed by atoms with E-state index < -0.39 is 34.6 Å². The largest absolute Gasteiger partial charge is 0.497 e. The van der Waals surface area contributed by atoms with Gasteiger partial charge in [-0.3, -0.25) is 4.79 Å². The number of thiazole rings is 1. The first kappa shape index (κ1) is 27.3. The van der Waals surface area contributed by atoms with Crippen LogP contribution in [0.5, 0.6) is 5.75 Å². The van der Waals surface area contributed by atoms with Crippen molar-refractivity contribution in [3.63, 3.8) is 0 Å². The van der Waals surface area contributed by atoms with Gasteiger partial charge in [0.05, 0.1) is 23.9 Å². The number of anilines is 1. The number of carbonyl (C=O) groups is 2. The minimum atomic E-state index is -3.98. The minimum Gasteiger partial charge on any atom is -0.497 e. The highest BCUT2D eigenvalue weighted by Crippen LogP contribution is 2.20. The van der Waals surface area contributed by atoms with Crippen molar-refractivity contribution in [1.29, 1.82) is 0 Å². The molecule has 0 bridgehead atoms. The second-order valence-electron chi connectivity index (χ2n) is 8.07. The Bertz CT molecular complexity index is 1220. The van der Waals surface area contributed by atoms with Crippen LogP contribution < -0.4 is 24.4 Å². The quantitative estimate of drug-likeness (QED) is 0.296. The van der Waals surface area contributed by atoms with Crippen molar-refractivity contribution in [2.45, 2.75) is 32.4 Å². The molecule has 2 aromatic carbocycles. The van der Waals surface area contributed by atoms with Gasteiger partial charge in [-0.05, 0) is 47.9 Å². The van der Waals surface area contributed by atoms with E-state index in [-0.39, 0.29) is 6.42 Å². The van der Waals surface area contributed by atoms with E-state index in [0.717, 1.165) is 10.6 Å². The molecule has 4 N–H and O–H groups in total. The van der Waals surface area contributed by atoms with Crippen molar-refractivity contribution in [2.75, 3.05) is 19.1 Å². The first-order chi connectivity index (χ1) is 17.1. The Morgan fingerprint density at radius 1 is 1.17 bits per heavy atom. The third-order valence-corrected chi connectivity index (χ3v) is 7.25. The molecule has 0 spiro atoms. The number of nitrogens with one attached hydrogen (secondary N) is 3. The molecule has 0 fully saturated rings. The van der Waals surface area contributed by atoms with Crippen molar-refractivity contribution >= 4 is 39.5 Å². The zero-order chi connectivity index (χ0) is 26.3. The van der Waals surface area contributed by atoms with Gasteiger partial charge in [0.1, 0.15) is 11.8 Å². The van der Waals surface area contributed by atoms with Gasteiger partial charge in [0.25, 0.3) is 0 Å². The highest BCUT2D eigenvalue weighted by atomic mass is 32.3. The van der Waals surface area contributed by atoms with Crippen LogP contribution in [-0.4, -0.2) is 41.7 Å². The van der Waals surface area contributed by atoms with E-state index in [9.17, 15) is 18.4 Å². The Labute approximate surface area is 215 Å². The molecule has 3 aromatic rings. The van der Waals surface area contributed by atoms with Crippen molar-refractivity contribution in [2.24, 2.45) is 0 Å². The number of benzene rings is 2. The molecule has 36 heavy (non-hydrogen) atoms. The summed E-state index contributed by atoms with van der Waals surface area (Å²) in [6, 6.07) is 13.5. The summed E-state index contributed by atoms with van der Waals surface area (Å²) in [6.45, 7) is 3.49. The van der Waals surface area contributed by atoms with E-state index in [4.69, 9.17) is 4.74 Å². The van der Waals surface area contributed by atoms with Gasteiger partial charge in [0, 0.05) is 24.5 Å². The summed E-state index contributed by atoms with van der Waals surface area (Å²) in [5.41, 5.74) is 2.00. The predicted molar refractivity (Wildman–Crippen MR) is 141 cm³/mol. The van der Waals surface area contributed by atoms with Crippen molar-refractivity contribution < 1.29 is 23.1 Å². The average molecular weight is 533 g/mol. The van der Waals surface area contributed by atoms with Crippen LogP contribution in [0.2, 0.25) is 0 Å². The molecule has 0 saturated carbocycles. The monoisotopic (exact) mass is 532 g/mol. The lowest BCUT2D eigenvalue weighted by molar-refractivity contribution is -0.120. The topological polar surface area (TPSA) is 133 Å². The number of ether oxygens (including phenoxy) is 1. The number of likely N-dealkylation sites (N-methyl/N-ethyl adjacent to an activating group) is 1. The molecule has 0 aliphatic carbocycles. The van der Waals surface area contributed by atoms with Crippen molar-refractivity contribution in [3.8, 4) is 5.75 Å². The van der Waals surface area contributed by atoms with E-state index in [1.54, 1.807) is 50.7 Å². The lowest BCUT2D eigenvalue weighted by Crippen LogP contribution is -2.55. The third kappa shape index (κ3) is 7.59. The summed E-state index contributed by atoms with van der Waals surface area (Å²) in [4.78, 5) is 31.8. The van der Waals surface area contributed by atoms with Gasteiger partial charge in [-0.2, -0.15) is 0 Å². The van der Waals surface area contributed by atoms with Gasteiger partial charge in [0.15, 0.2) is 0 Å². The Kier molecular flexibility index (Phi) is 9.15. The number of amides is 3. The van der Waals surface area contributed by atoms with E-state index in [0.29, 0.717) is 17.1 Å². The normalized spacial score (nSPS) is 14.2. The molecule has 1 heterocycles. The second kappa shape index (κ2) is 12.1. The van der Waals surface area contributed by atoms with Crippen LogP contribution in [-0.2, 0) is 26.0 Å². The van der Waals surface area contributed by atoms with Crippen LogP contribution >= 0.6 is 11.3 Å². The fourth-order valence-electron chi connectivity index (χ4n) is 3.44. The summed E-state index contributed by atoms with van der Waals surface area (Å²) >= 11 is 1.41. The lowest BCUT2D eigenvalue weighted by Gasteiger charge is -2.25. The zero-order valence-electron chi connectivity index (χ0n) is 20.4. The highest BCUT2D eigenvalue weighted by Gasteiger charge is 2.34. The second-order valence-corrected chi connectivity index (χ2v) is 10.6. The molecular formula is C24H30N5O5S2+. The molecule has 3 atom stereocenters. The molecule has 10 nitrogen and oxygen atoms in total. The number of nitrogens with zero attached hydrogens (tertiary/aromatic N) is 2. The molecule has 12 heteroatoms. The Hall–Kier alpha value is -3.32. The van der Waals surface area contributed by atoms with E-state index in [1.165, 1.54) is 16.2 Å². The summed E-state index contributed by atoms with van der Waals surface area (Å²) in [5.74, 6) is 0.244.